The van der Waals surface area contributed by atoms with Gasteiger partial charge in [-0.2, -0.15) is 0 Å². The molecule has 3 rings (SSSR count). The fourth-order valence-corrected chi connectivity index (χ4v) is 3.71. The SMILES string of the molecule is CCC(C)(COCc1cccc(OC2CCCCC2)c1)c1ccccc1. The monoisotopic (exact) mass is 352 g/mol. The van der Waals surface area contributed by atoms with Gasteiger partial charge in [-0.1, -0.05) is 62.7 Å². The Morgan fingerprint density at radius 2 is 1.73 bits per heavy atom. The first-order chi connectivity index (χ1) is 12.7. The molecule has 0 saturated heterocycles. The Morgan fingerprint density at radius 1 is 0.962 bits per heavy atom. The van der Waals surface area contributed by atoms with Crippen molar-refractivity contribution in [3.05, 3.63) is 65.7 Å². The van der Waals surface area contributed by atoms with E-state index >= 15 is 0 Å². The van der Waals surface area contributed by atoms with E-state index in [1.54, 1.807) is 0 Å². The zero-order chi connectivity index (χ0) is 18.2. The lowest BCUT2D eigenvalue weighted by atomic mass is 9.81. The highest BCUT2D eigenvalue weighted by atomic mass is 16.5. The third-order valence-corrected chi connectivity index (χ3v) is 5.69. The molecule has 1 saturated carbocycles. The zero-order valence-electron chi connectivity index (χ0n) is 16.2. The predicted molar refractivity (Wildman–Crippen MR) is 108 cm³/mol. The fraction of sp³-hybridized carbons (Fsp3) is 0.500. The fourth-order valence-electron chi connectivity index (χ4n) is 3.71. The molecule has 0 spiro atoms. The first kappa shape index (κ1) is 19.0. The van der Waals surface area contributed by atoms with Gasteiger partial charge < -0.3 is 9.47 Å². The maximum Gasteiger partial charge on any atom is 0.120 e. The summed E-state index contributed by atoms with van der Waals surface area (Å²) in [4.78, 5) is 0. The topological polar surface area (TPSA) is 18.5 Å². The van der Waals surface area contributed by atoms with Crippen molar-refractivity contribution in [2.75, 3.05) is 6.61 Å². The van der Waals surface area contributed by atoms with Crippen molar-refractivity contribution in [2.45, 2.75) is 70.5 Å². The van der Waals surface area contributed by atoms with Gasteiger partial charge in [-0.15, -0.1) is 0 Å². The van der Waals surface area contributed by atoms with E-state index in [0.29, 0.717) is 12.7 Å². The van der Waals surface area contributed by atoms with Crippen LogP contribution >= 0.6 is 0 Å². The molecule has 1 aliphatic carbocycles. The van der Waals surface area contributed by atoms with Gasteiger partial charge in [-0.25, -0.2) is 0 Å². The van der Waals surface area contributed by atoms with E-state index in [1.807, 2.05) is 0 Å². The molecule has 1 fully saturated rings. The summed E-state index contributed by atoms with van der Waals surface area (Å²) >= 11 is 0. The molecular weight excluding hydrogens is 320 g/mol. The Morgan fingerprint density at radius 3 is 2.46 bits per heavy atom. The molecule has 0 aliphatic heterocycles. The molecule has 1 unspecified atom stereocenters. The van der Waals surface area contributed by atoms with Gasteiger partial charge in [0.05, 0.1) is 19.3 Å². The molecule has 2 nitrogen and oxygen atoms in total. The van der Waals surface area contributed by atoms with Gasteiger partial charge in [-0.3, -0.25) is 0 Å². The summed E-state index contributed by atoms with van der Waals surface area (Å²) in [7, 11) is 0. The van der Waals surface area contributed by atoms with Crippen LogP contribution in [0.5, 0.6) is 5.75 Å². The van der Waals surface area contributed by atoms with Crippen molar-refractivity contribution >= 4 is 0 Å². The number of hydrogen-bond donors (Lipinski definition) is 0. The largest absolute Gasteiger partial charge is 0.490 e. The Hall–Kier alpha value is -1.80. The molecule has 1 aliphatic rings. The molecule has 0 heterocycles. The van der Waals surface area contributed by atoms with Crippen LogP contribution in [0.2, 0.25) is 0 Å². The smallest absolute Gasteiger partial charge is 0.120 e. The summed E-state index contributed by atoms with van der Waals surface area (Å²) in [5.41, 5.74) is 2.58. The van der Waals surface area contributed by atoms with Gasteiger partial charge in [0.25, 0.3) is 0 Å². The average Bonchev–Trinajstić information content (AvgIpc) is 2.69. The quantitative estimate of drug-likeness (QED) is 0.556. The number of hydrogen-bond acceptors (Lipinski definition) is 2. The highest BCUT2D eigenvalue weighted by molar-refractivity contribution is 5.28. The van der Waals surface area contributed by atoms with E-state index in [1.165, 1.54) is 43.2 Å². The van der Waals surface area contributed by atoms with Crippen molar-refractivity contribution in [1.29, 1.82) is 0 Å². The Labute approximate surface area is 158 Å². The van der Waals surface area contributed by atoms with Gasteiger partial charge >= 0.3 is 0 Å². The number of rotatable bonds is 8. The number of ether oxygens (including phenoxy) is 2. The second kappa shape index (κ2) is 9.23. The molecule has 2 aromatic rings. The van der Waals surface area contributed by atoms with Crippen LogP contribution in [0.15, 0.2) is 54.6 Å². The van der Waals surface area contributed by atoms with Crippen molar-refractivity contribution in [3.63, 3.8) is 0 Å². The first-order valence-corrected chi connectivity index (χ1v) is 10.1. The number of benzene rings is 2. The van der Waals surface area contributed by atoms with E-state index in [-0.39, 0.29) is 5.41 Å². The molecule has 140 valence electrons. The minimum Gasteiger partial charge on any atom is -0.490 e. The zero-order valence-corrected chi connectivity index (χ0v) is 16.2. The van der Waals surface area contributed by atoms with Crippen LogP contribution in [-0.4, -0.2) is 12.7 Å². The van der Waals surface area contributed by atoms with Crippen molar-refractivity contribution in [2.24, 2.45) is 0 Å². The lowest BCUT2D eigenvalue weighted by Crippen LogP contribution is -2.27. The molecule has 26 heavy (non-hydrogen) atoms. The van der Waals surface area contributed by atoms with Gasteiger partial charge in [-0.05, 0) is 55.4 Å². The van der Waals surface area contributed by atoms with Gasteiger partial charge in [0, 0.05) is 5.41 Å². The van der Waals surface area contributed by atoms with Crippen LogP contribution in [-0.2, 0) is 16.8 Å². The van der Waals surface area contributed by atoms with E-state index in [4.69, 9.17) is 9.47 Å². The summed E-state index contributed by atoms with van der Waals surface area (Å²) in [5, 5.41) is 0. The van der Waals surface area contributed by atoms with Crippen LogP contribution in [0.3, 0.4) is 0 Å². The lowest BCUT2D eigenvalue weighted by molar-refractivity contribution is 0.0744. The maximum atomic E-state index is 6.18. The van der Waals surface area contributed by atoms with Crippen LogP contribution < -0.4 is 4.74 Å². The van der Waals surface area contributed by atoms with Gasteiger partial charge in [0.2, 0.25) is 0 Å². The van der Waals surface area contributed by atoms with E-state index in [2.05, 4.69) is 68.4 Å². The molecule has 0 N–H and O–H groups in total. The molecule has 2 heteroatoms. The van der Waals surface area contributed by atoms with Crippen molar-refractivity contribution in [3.8, 4) is 5.75 Å². The van der Waals surface area contributed by atoms with E-state index in [0.717, 1.165) is 18.8 Å². The Kier molecular flexibility index (Phi) is 6.73. The predicted octanol–water partition coefficient (Wildman–Crippen LogP) is 6.28. The second-order valence-corrected chi connectivity index (χ2v) is 7.80. The minimum absolute atomic E-state index is 0.0530. The molecule has 1 atom stereocenters. The maximum absolute atomic E-state index is 6.18. The van der Waals surface area contributed by atoms with E-state index < -0.39 is 0 Å². The lowest BCUT2D eigenvalue weighted by Gasteiger charge is -2.28. The first-order valence-electron chi connectivity index (χ1n) is 10.1. The molecule has 0 radical (unpaired) electrons. The van der Waals surface area contributed by atoms with Gasteiger partial charge in [0.1, 0.15) is 5.75 Å². The van der Waals surface area contributed by atoms with Crippen LogP contribution in [0.4, 0.5) is 0 Å². The van der Waals surface area contributed by atoms with Crippen LogP contribution in [0, 0.1) is 0 Å². The summed E-state index contributed by atoms with van der Waals surface area (Å²) < 4.78 is 12.3. The summed E-state index contributed by atoms with van der Waals surface area (Å²) in [6.07, 6.45) is 7.76. The van der Waals surface area contributed by atoms with E-state index in [9.17, 15) is 0 Å². The average molecular weight is 353 g/mol. The summed E-state index contributed by atoms with van der Waals surface area (Å²) in [5.74, 6) is 0.985. The van der Waals surface area contributed by atoms with Gasteiger partial charge in [0.15, 0.2) is 0 Å². The normalized spacial score (nSPS) is 17.6. The van der Waals surface area contributed by atoms with Crippen LogP contribution in [0.25, 0.3) is 0 Å². The highest BCUT2D eigenvalue weighted by Crippen LogP contribution is 2.28. The molecule has 0 amide bonds. The van der Waals surface area contributed by atoms with Crippen molar-refractivity contribution in [1.82, 2.24) is 0 Å². The highest BCUT2D eigenvalue weighted by Gasteiger charge is 2.24. The molecular formula is C24H32O2. The minimum atomic E-state index is 0.0530. The Bertz CT molecular complexity index is 661. The molecule has 0 bridgehead atoms. The van der Waals surface area contributed by atoms with Crippen LogP contribution in [0.1, 0.15) is 63.5 Å². The third-order valence-electron chi connectivity index (χ3n) is 5.69. The third kappa shape index (κ3) is 5.11. The van der Waals surface area contributed by atoms with Crippen molar-refractivity contribution < 1.29 is 9.47 Å². The summed E-state index contributed by atoms with van der Waals surface area (Å²) in [6, 6.07) is 19.1. The molecule has 0 aromatic heterocycles. The second-order valence-electron chi connectivity index (χ2n) is 7.80. The molecule has 2 aromatic carbocycles. The summed E-state index contributed by atoms with van der Waals surface area (Å²) in [6.45, 7) is 5.87. The Balaban J connectivity index is 1.55. The standard InChI is InChI=1S/C24H32O2/c1-3-24(2,21-12-6-4-7-13-21)19-25-18-20-11-10-16-23(17-20)26-22-14-8-5-9-15-22/h4,6-7,10-13,16-17,22H,3,5,8-9,14-15,18-19H2,1-2H3.